The quantitative estimate of drug-likeness (QED) is 0.571. The molecule has 1 N–H and O–H groups in total. The third kappa shape index (κ3) is 3.99. The van der Waals surface area contributed by atoms with Crippen LogP contribution in [0.4, 0.5) is 5.69 Å². The van der Waals surface area contributed by atoms with E-state index in [4.69, 9.17) is 16.0 Å². The fourth-order valence-corrected chi connectivity index (χ4v) is 3.63. The van der Waals surface area contributed by atoms with E-state index in [1.54, 1.807) is 6.08 Å². The number of hydrogen-bond acceptors (Lipinski definition) is 4. The highest BCUT2D eigenvalue weighted by Crippen LogP contribution is 2.32. The fourth-order valence-electron chi connectivity index (χ4n) is 2.58. The molecule has 3 aromatic rings. The molecule has 1 fully saturated rings. The third-order valence-electron chi connectivity index (χ3n) is 3.95. The molecule has 134 valence electrons. The lowest BCUT2D eigenvalue weighted by atomic mass is 10.2. The smallest absolute Gasteiger partial charge is 0.264 e. The van der Waals surface area contributed by atoms with E-state index in [0.717, 1.165) is 16.8 Å². The Labute approximate surface area is 166 Å². The van der Waals surface area contributed by atoms with Crippen molar-refractivity contribution in [2.75, 3.05) is 0 Å². The number of thioether (sulfide) groups is 1. The fraction of sp³-hybridized carbons (Fsp3) is 0.0476. The molecule has 1 amide bonds. The molecule has 1 aliphatic heterocycles. The van der Waals surface area contributed by atoms with Crippen LogP contribution in [-0.2, 0) is 4.79 Å². The van der Waals surface area contributed by atoms with Gasteiger partial charge in [-0.1, -0.05) is 41.4 Å². The van der Waals surface area contributed by atoms with Crippen molar-refractivity contribution in [2.45, 2.75) is 6.92 Å². The Hall–Kier alpha value is -2.76. The SMILES string of the molecule is Cc1ccc(N=C2NC(=O)C(=Cc3ccc(-c4ccccc4Cl)o3)S2)cc1. The summed E-state index contributed by atoms with van der Waals surface area (Å²) in [5.41, 5.74) is 2.77. The third-order valence-corrected chi connectivity index (χ3v) is 5.19. The number of nitrogens with zero attached hydrogens (tertiary/aromatic N) is 1. The van der Waals surface area contributed by atoms with Crippen LogP contribution in [0.2, 0.25) is 5.02 Å². The van der Waals surface area contributed by atoms with E-state index in [1.807, 2.05) is 67.6 Å². The second kappa shape index (κ2) is 7.47. The molecule has 1 saturated heterocycles. The van der Waals surface area contributed by atoms with Crippen molar-refractivity contribution in [1.29, 1.82) is 0 Å². The van der Waals surface area contributed by atoms with Gasteiger partial charge in [-0.25, -0.2) is 4.99 Å². The van der Waals surface area contributed by atoms with Crippen LogP contribution in [0.1, 0.15) is 11.3 Å². The molecule has 4 nitrogen and oxygen atoms in total. The first-order valence-electron chi connectivity index (χ1n) is 8.29. The molecule has 0 aliphatic carbocycles. The lowest BCUT2D eigenvalue weighted by Gasteiger charge is -1.99. The number of rotatable bonds is 3. The molecule has 0 saturated carbocycles. The van der Waals surface area contributed by atoms with E-state index in [9.17, 15) is 4.79 Å². The van der Waals surface area contributed by atoms with Crippen molar-refractivity contribution in [3.63, 3.8) is 0 Å². The number of amides is 1. The zero-order valence-electron chi connectivity index (χ0n) is 14.4. The van der Waals surface area contributed by atoms with Gasteiger partial charge < -0.3 is 9.73 Å². The average molecular weight is 395 g/mol. The molecule has 4 rings (SSSR count). The van der Waals surface area contributed by atoms with E-state index in [1.165, 1.54) is 11.8 Å². The number of carbonyl (C=O) groups is 1. The molecule has 6 heteroatoms. The van der Waals surface area contributed by atoms with Crippen molar-refractivity contribution >= 4 is 46.2 Å². The normalized spacial score (nSPS) is 16.9. The van der Waals surface area contributed by atoms with E-state index in [2.05, 4.69) is 10.3 Å². The van der Waals surface area contributed by atoms with Crippen molar-refractivity contribution in [2.24, 2.45) is 4.99 Å². The molecular formula is C21H15ClN2O2S. The number of halogens is 1. The molecule has 27 heavy (non-hydrogen) atoms. The van der Waals surface area contributed by atoms with E-state index in [-0.39, 0.29) is 5.91 Å². The van der Waals surface area contributed by atoms with Gasteiger partial charge in [0.05, 0.1) is 15.6 Å². The monoisotopic (exact) mass is 394 g/mol. The van der Waals surface area contributed by atoms with Crippen LogP contribution >= 0.6 is 23.4 Å². The first kappa shape index (κ1) is 17.6. The summed E-state index contributed by atoms with van der Waals surface area (Å²) in [6, 6.07) is 18.9. The lowest BCUT2D eigenvalue weighted by Crippen LogP contribution is -2.19. The van der Waals surface area contributed by atoms with Gasteiger partial charge >= 0.3 is 0 Å². The Morgan fingerprint density at radius 3 is 2.63 bits per heavy atom. The second-order valence-corrected chi connectivity index (χ2v) is 7.44. The van der Waals surface area contributed by atoms with Crippen molar-refractivity contribution in [1.82, 2.24) is 5.32 Å². The molecule has 0 radical (unpaired) electrons. The van der Waals surface area contributed by atoms with Gasteiger partial charge in [0.15, 0.2) is 5.17 Å². The molecule has 0 atom stereocenters. The van der Waals surface area contributed by atoms with Crippen LogP contribution < -0.4 is 5.32 Å². The van der Waals surface area contributed by atoms with Gasteiger partial charge in [-0.2, -0.15) is 0 Å². The summed E-state index contributed by atoms with van der Waals surface area (Å²) in [6.45, 7) is 2.02. The molecule has 1 aromatic heterocycles. The predicted octanol–water partition coefficient (Wildman–Crippen LogP) is 5.80. The number of nitrogens with one attached hydrogen (secondary N) is 1. The Bertz CT molecular complexity index is 1070. The van der Waals surface area contributed by atoms with Gasteiger partial charge in [-0.3, -0.25) is 4.79 Å². The minimum absolute atomic E-state index is 0.193. The molecule has 0 spiro atoms. The number of benzene rings is 2. The number of carbonyl (C=O) groups excluding carboxylic acids is 1. The molecule has 1 aliphatic rings. The summed E-state index contributed by atoms with van der Waals surface area (Å²) in [7, 11) is 0. The standard InChI is InChI=1S/C21H15ClN2O2S/c1-13-6-8-14(9-7-13)23-21-24-20(25)19(27-21)12-15-10-11-18(26-15)16-4-2-3-5-17(16)22/h2-12H,1H3,(H,23,24,25). The van der Waals surface area contributed by atoms with Crippen LogP contribution in [0.15, 0.2) is 75.0 Å². The lowest BCUT2D eigenvalue weighted by molar-refractivity contribution is -0.115. The maximum Gasteiger partial charge on any atom is 0.264 e. The van der Waals surface area contributed by atoms with Crippen LogP contribution in [0, 0.1) is 6.92 Å². The summed E-state index contributed by atoms with van der Waals surface area (Å²) in [4.78, 5) is 17.2. The number of aliphatic imine (C=N–C) groups is 1. The highest BCUT2D eigenvalue weighted by molar-refractivity contribution is 8.18. The molecule has 0 unspecified atom stereocenters. The highest BCUT2D eigenvalue weighted by Gasteiger charge is 2.24. The van der Waals surface area contributed by atoms with E-state index >= 15 is 0 Å². The summed E-state index contributed by atoms with van der Waals surface area (Å²) in [5, 5.41) is 3.94. The first-order valence-corrected chi connectivity index (χ1v) is 9.49. The van der Waals surface area contributed by atoms with Crippen LogP contribution in [-0.4, -0.2) is 11.1 Å². The Balaban J connectivity index is 1.55. The van der Waals surface area contributed by atoms with E-state index in [0.29, 0.717) is 26.6 Å². The van der Waals surface area contributed by atoms with Crippen molar-refractivity contribution in [3.05, 3.63) is 81.9 Å². The van der Waals surface area contributed by atoms with Gasteiger partial charge in [-0.05, 0) is 55.1 Å². The van der Waals surface area contributed by atoms with Crippen LogP contribution in [0.25, 0.3) is 17.4 Å². The van der Waals surface area contributed by atoms with Gasteiger partial charge in [0, 0.05) is 11.6 Å². The minimum atomic E-state index is -0.193. The minimum Gasteiger partial charge on any atom is -0.457 e. The van der Waals surface area contributed by atoms with Gasteiger partial charge in [0.1, 0.15) is 11.5 Å². The topological polar surface area (TPSA) is 54.6 Å². The molecule has 0 bridgehead atoms. The van der Waals surface area contributed by atoms with Crippen LogP contribution in [0.5, 0.6) is 0 Å². The number of furan rings is 1. The largest absolute Gasteiger partial charge is 0.457 e. The number of aryl methyl sites for hydroxylation is 1. The molecule has 2 aromatic carbocycles. The number of amidine groups is 1. The van der Waals surface area contributed by atoms with Gasteiger partial charge in [0.25, 0.3) is 5.91 Å². The van der Waals surface area contributed by atoms with Gasteiger partial charge in [-0.15, -0.1) is 0 Å². The highest BCUT2D eigenvalue weighted by atomic mass is 35.5. The molecular weight excluding hydrogens is 380 g/mol. The van der Waals surface area contributed by atoms with Crippen molar-refractivity contribution < 1.29 is 9.21 Å². The average Bonchev–Trinajstić information content (AvgIpc) is 3.25. The van der Waals surface area contributed by atoms with Crippen LogP contribution in [0.3, 0.4) is 0 Å². The summed E-state index contributed by atoms with van der Waals surface area (Å²) in [6.07, 6.45) is 1.71. The zero-order chi connectivity index (χ0) is 18.8. The summed E-state index contributed by atoms with van der Waals surface area (Å²) < 4.78 is 5.83. The maximum atomic E-state index is 12.2. The molecule has 2 heterocycles. The van der Waals surface area contributed by atoms with Gasteiger partial charge in [0.2, 0.25) is 0 Å². The maximum absolute atomic E-state index is 12.2. The first-order chi connectivity index (χ1) is 13.1. The Kier molecular flexibility index (Phi) is 4.88. The predicted molar refractivity (Wildman–Crippen MR) is 111 cm³/mol. The second-order valence-electron chi connectivity index (χ2n) is 6.00. The Morgan fingerprint density at radius 2 is 1.85 bits per heavy atom. The number of hydrogen-bond donors (Lipinski definition) is 1. The summed E-state index contributed by atoms with van der Waals surface area (Å²) >= 11 is 7.49. The Morgan fingerprint density at radius 1 is 1.07 bits per heavy atom. The summed E-state index contributed by atoms with van der Waals surface area (Å²) in [5.74, 6) is 1.05. The zero-order valence-corrected chi connectivity index (χ0v) is 16.0. The van der Waals surface area contributed by atoms with E-state index < -0.39 is 0 Å². The van der Waals surface area contributed by atoms with Crippen molar-refractivity contribution in [3.8, 4) is 11.3 Å².